The molecule has 0 amide bonds. The quantitative estimate of drug-likeness (QED) is 0.349. The van der Waals surface area contributed by atoms with Gasteiger partial charge in [-0.2, -0.15) is 13.5 Å². The van der Waals surface area contributed by atoms with Crippen LogP contribution in [-0.2, 0) is 38.5 Å². The van der Waals surface area contributed by atoms with Gasteiger partial charge in [-0.1, -0.05) is 0 Å². The number of azo groups is 1. The molecule has 0 spiro atoms. The van der Waals surface area contributed by atoms with Crippen molar-refractivity contribution in [3.8, 4) is 28.7 Å². The molecule has 2 aliphatic rings. The van der Waals surface area contributed by atoms with E-state index in [0.717, 1.165) is 6.26 Å². The molecule has 0 bridgehead atoms. The van der Waals surface area contributed by atoms with Crippen LogP contribution in [0.4, 0.5) is 11.4 Å². The van der Waals surface area contributed by atoms with E-state index in [4.69, 9.17) is 51.6 Å². The Balaban J connectivity index is 1.56. The fourth-order valence-corrected chi connectivity index (χ4v) is 4.35. The Morgan fingerprint density at radius 3 is 1.38 bits per heavy atom. The zero-order valence-corrected chi connectivity index (χ0v) is 26.1. The molecule has 0 aliphatic carbocycles. The first-order valence-corrected chi connectivity index (χ1v) is 16.4. The smallest absolute Gasteiger partial charge is 0.306 e. The lowest BCUT2D eigenvalue weighted by atomic mass is 10.2. The van der Waals surface area contributed by atoms with E-state index in [2.05, 4.69) is 10.2 Å². The van der Waals surface area contributed by atoms with Gasteiger partial charge in [-0.25, -0.2) is 0 Å². The second-order valence-corrected chi connectivity index (χ2v) is 11.0. The third-order valence-corrected chi connectivity index (χ3v) is 6.38. The Bertz CT molecular complexity index is 1310. The van der Waals surface area contributed by atoms with Crippen LogP contribution in [0.25, 0.3) is 0 Å². The fraction of sp³-hybridized carbons (Fsp3) is 0.586. The second-order valence-electron chi connectivity index (χ2n) is 9.45. The summed E-state index contributed by atoms with van der Waals surface area (Å²) in [6.45, 7) is 5.72. The average molecular weight is 657 g/mol. The zero-order chi connectivity index (χ0) is 31.6. The molecule has 0 atom stereocenters. The minimum absolute atomic E-state index is 0.0901. The summed E-state index contributed by atoms with van der Waals surface area (Å²) in [6, 6.07) is 7.92. The SMILES string of the molecule is CS(=O)(=O)Oc1cc2c(cc1N=Nc1ccc3c(c1)OCCOCCOCCOCCO3)OCCOCCOCCOCCO2. The van der Waals surface area contributed by atoms with Gasteiger partial charge in [0.2, 0.25) is 0 Å². The van der Waals surface area contributed by atoms with Crippen molar-refractivity contribution in [3.63, 3.8) is 0 Å². The molecule has 0 radical (unpaired) electrons. The molecule has 2 aromatic carbocycles. The predicted octanol–water partition coefficient (Wildman–Crippen LogP) is 3.08. The van der Waals surface area contributed by atoms with E-state index in [9.17, 15) is 8.42 Å². The topological polar surface area (TPSA) is 160 Å². The van der Waals surface area contributed by atoms with E-state index in [1.54, 1.807) is 18.2 Å². The first-order valence-electron chi connectivity index (χ1n) is 14.6. The van der Waals surface area contributed by atoms with Crippen molar-refractivity contribution in [2.24, 2.45) is 10.2 Å². The van der Waals surface area contributed by atoms with Gasteiger partial charge in [0.25, 0.3) is 0 Å². The molecule has 0 N–H and O–H groups in total. The van der Waals surface area contributed by atoms with Crippen LogP contribution in [0.1, 0.15) is 0 Å². The maximum Gasteiger partial charge on any atom is 0.306 e. The van der Waals surface area contributed by atoms with Crippen LogP contribution in [0.5, 0.6) is 28.7 Å². The molecule has 4 rings (SSSR count). The molecule has 45 heavy (non-hydrogen) atoms. The summed E-state index contributed by atoms with van der Waals surface area (Å²) in [7, 11) is -3.92. The Labute approximate surface area is 262 Å². The molecule has 0 fully saturated rings. The van der Waals surface area contributed by atoms with Gasteiger partial charge < -0.3 is 51.6 Å². The number of benzene rings is 2. The van der Waals surface area contributed by atoms with Crippen molar-refractivity contribution in [2.45, 2.75) is 0 Å². The van der Waals surface area contributed by atoms with Crippen molar-refractivity contribution < 1.29 is 60.0 Å². The summed E-state index contributed by atoms with van der Waals surface area (Å²) in [5.41, 5.74) is 0.500. The number of nitrogens with zero attached hydrogens (tertiary/aromatic N) is 2. The monoisotopic (exact) mass is 656 g/mol. The number of fused-ring (bicyclic) bond motifs is 2. The van der Waals surface area contributed by atoms with E-state index in [0.29, 0.717) is 102 Å². The lowest BCUT2D eigenvalue weighted by Gasteiger charge is -2.16. The van der Waals surface area contributed by atoms with Gasteiger partial charge in [0, 0.05) is 18.2 Å². The van der Waals surface area contributed by atoms with Crippen molar-refractivity contribution >= 4 is 21.5 Å². The fourth-order valence-electron chi connectivity index (χ4n) is 3.89. The number of rotatable bonds is 4. The van der Waals surface area contributed by atoms with Gasteiger partial charge in [-0.05, 0) is 12.1 Å². The van der Waals surface area contributed by atoms with Gasteiger partial charge in [0.05, 0.1) is 91.2 Å². The molecule has 2 heterocycles. The Hall–Kier alpha value is -3.25. The van der Waals surface area contributed by atoms with Crippen molar-refractivity contribution in [1.29, 1.82) is 0 Å². The normalized spacial score (nSPS) is 19.0. The molecule has 16 heteroatoms. The average Bonchev–Trinajstić information content (AvgIpc) is 3.02. The third-order valence-electron chi connectivity index (χ3n) is 5.90. The molecule has 15 nitrogen and oxygen atoms in total. The second kappa shape index (κ2) is 19.3. The maximum absolute atomic E-state index is 12.1. The molecular weight excluding hydrogens is 616 g/mol. The van der Waals surface area contributed by atoms with E-state index in [1.165, 1.54) is 12.1 Å². The van der Waals surface area contributed by atoms with Gasteiger partial charge in [0.1, 0.15) is 32.1 Å². The molecule has 250 valence electrons. The largest absolute Gasteiger partial charge is 0.487 e. The first kappa shape index (κ1) is 34.6. The summed E-state index contributed by atoms with van der Waals surface area (Å²) in [5, 5.41) is 8.61. The molecule has 0 aromatic heterocycles. The first-order chi connectivity index (χ1) is 22.0. The van der Waals surface area contributed by atoms with E-state index >= 15 is 0 Å². The number of hydrogen-bond donors (Lipinski definition) is 0. The van der Waals surface area contributed by atoms with Gasteiger partial charge in [0.15, 0.2) is 28.7 Å². The van der Waals surface area contributed by atoms with E-state index in [1.807, 2.05) is 0 Å². The summed E-state index contributed by atoms with van der Waals surface area (Å²) >= 11 is 0. The van der Waals surface area contributed by atoms with E-state index in [-0.39, 0.29) is 43.6 Å². The zero-order valence-electron chi connectivity index (χ0n) is 25.3. The summed E-state index contributed by atoms with van der Waals surface area (Å²) < 4.78 is 85.9. The lowest BCUT2D eigenvalue weighted by molar-refractivity contribution is 0.00708. The molecule has 2 aliphatic heterocycles. The van der Waals surface area contributed by atoms with Crippen LogP contribution in [0.2, 0.25) is 0 Å². The van der Waals surface area contributed by atoms with E-state index < -0.39 is 10.1 Å². The predicted molar refractivity (Wildman–Crippen MR) is 159 cm³/mol. The van der Waals surface area contributed by atoms with Crippen LogP contribution in [0.3, 0.4) is 0 Å². The molecule has 0 saturated heterocycles. The summed E-state index contributed by atoms with van der Waals surface area (Å²) in [4.78, 5) is 0. The molecular formula is C29H40N2O13S. The minimum atomic E-state index is -3.92. The third kappa shape index (κ3) is 13.3. The highest BCUT2D eigenvalue weighted by Gasteiger charge is 2.18. The minimum Gasteiger partial charge on any atom is -0.487 e. The maximum atomic E-state index is 12.1. The van der Waals surface area contributed by atoms with Crippen LogP contribution >= 0.6 is 0 Å². The highest BCUT2D eigenvalue weighted by atomic mass is 32.2. The molecule has 0 saturated carbocycles. The molecule has 0 unspecified atom stereocenters. The lowest BCUT2D eigenvalue weighted by Crippen LogP contribution is -2.13. The summed E-state index contributed by atoms with van der Waals surface area (Å²) in [5.74, 6) is 1.37. The summed E-state index contributed by atoms with van der Waals surface area (Å²) in [6.07, 6.45) is 0.933. The van der Waals surface area contributed by atoms with Crippen LogP contribution in [-0.4, -0.2) is 120 Å². The highest BCUT2D eigenvalue weighted by molar-refractivity contribution is 7.86. The van der Waals surface area contributed by atoms with Crippen molar-refractivity contribution in [1.82, 2.24) is 0 Å². The van der Waals surface area contributed by atoms with Crippen LogP contribution in [0, 0.1) is 0 Å². The van der Waals surface area contributed by atoms with Crippen LogP contribution in [0.15, 0.2) is 40.6 Å². The highest BCUT2D eigenvalue weighted by Crippen LogP contribution is 2.42. The van der Waals surface area contributed by atoms with Gasteiger partial charge in [-0.15, -0.1) is 5.11 Å². The number of ether oxygens (including phenoxy) is 10. The van der Waals surface area contributed by atoms with Gasteiger partial charge >= 0.3 is 10.1 Å². The number of hydrogen-bond acceptors (Lipinski definition) is 15. The Morgan fingerprint density at radius 1 is 0.511 bits per heavy atom. The van der Waals surface area contributed by atoms with Crippen molar-refractivity contribution in [3.05, 3.63) is 30.3 Å². The van der Waals surface area contributed by atoms with Crippen LogP contribution < -0.4 is 23.1 Å². The Morgan fingerprint density at radius 2 is 0.911 bits per heavy atom. The standard InChI is InChI=1S/C29H40N2O13S/c1-45(32,33)44-26-22-29-28(42-18-14-38-10-6-35-7-11-39-15-19-43-29)21-24(26)31-30-23-2-3-25-27(20-23)41-17-13-37-9-5-34-4-8-36-12-16-40-25/h2-3,20-22H,4-19H2,1H3. The molecule has 2 aromatic rings. The Kier molecular flexibility index (Phi) is 14.9. The van der Waals surface area contributed by atoms with Gasteiger partial charge in [-0.3, -0.25) is 0 Å². The van der Waals surface area contributed by atoms with Crippen molar-refractivity contribution in [2.75, 3.05) is 112 Å².